The maximum absolute atomic E-state index is 11.9. The van der Waals surface area contributed by atoms with Crippen LogP contribution in [0.25, 0.3) is 0 Å². The van der Waals surface area contributed by atoms with Crippen molar-refractivity contribution in [2.24, 2.45) is 5.92 Å². The van der Waals surface area contributed by atoms with Gasteiger partial charge in [-0.15, -0.1) is 0 Å². The molecule has 21 heavy (non-hydrogen) atoms. The largest absolute Gasteiger partial charge is 0.494 e. The molecule has 0 saturated carbocycles. The summed E-state index contributed by atoms with van der Waals surface area (Å²) < 4.78 is 5.58. The Bertz CT molecular complexity index is 468. The fraction of sp³-hybridized carbons (Fsp3) is 0.500. The van der Waals surface area contributed by atoms with Crippen LogP contribution in [-0.2, 0) is 4.79 Å². The van der Waals surface area contributed by atoms with Gasteiger partial charge in [0.05, 0.1) is 13.0 Å². The lowest BCUT2D eigenvalue weighted by molar-refractivity contribution is -0.137. The van der Waals surface area contributed by atoms with E-state index >= 15 is 0 Å². The molecule has 0 aliphatic heterocycles. The van der Waals surface area contributed by atoms with Crippen LogP contribution >= 0.6 is 0 Å². The number of ether oxygens (including phenoxy) is 1. The van der Waals surface area contributed by atoms with Gasteiger partial charge in [-0.25, -0.2) is 0 Å². The molecule has 0 spiro atoms. The van der Waals surface area contributed by atoms with Gasteiger partial charge in [0.15, 0.2) is 0 Å². The number of benzene rings is 1. The zero-order valence-electron chi connectivity index (χ0n) is 12.8. The number of hydrogen-bond donors (Lipinski definition) is 2. The van der Waals surface area contributed by atoms with Gasteiger partial charge in [0, 0.05) is 11.6 Å². The van der Waals surface area contributed by atoms with E-state index in [1.165, 1.54) is 0 Å². The molecular weight excluding hydrogens is 270 g/mol. The molecule has 0 saturated heterocycles. The van der Waals surface area contributed by atoms with Crippen molar-refractivity contribution in [1.82, 2.24) is 5.32 Å². The second kappa shape index (κ2) is 8.29. The van der Waals surface area contributed by atoms with E-state index in [4.69, 9.17) is 9.84 Å². The normalized spacial score (nSPS) is 12.0. The van der Waals surface area contributed by atoms with Gasteiger partial charge in [-0.2, -0.15) is 0 Å². The van der Waals surface area contributed by atoms with Gasteiger partial charge < -0.3 is 15.2 Å². The average Bonchev–Trinajstić information content (AvgIpc) is 2.37. The Labute approximate surface area is 125 Å². The van der Waals surface area contributed by atoms with Crippen molar-refractivity contribution in [3.05, 3.63) is 29.8 Å². The van der Waals surface area contributed by atoms with Gasteiger partial charge >= 0.3 is 5.97 Å². The molecule has 1 rings (SSSR count). The van der Waals surface area contributed by atoms with E-state index in [2.05, 4.69) is 19.2 Å². The number of hydrogen-bond acceptors (Lipinski definition) is 3. The van der Waals surface area contributed by atoms with Crippen LogP contribution in [0.4, 0.5) is 0 Å². The number of rotatable bonds is 8. The lowest BCUT2D eigenvalue weighted by Crippen LogP contribution is -2.34. The third kappa shape index (κ3) is 6.79. The van der Waals surface area contributed by atoms with E-state index in [1.807, 2.05) is 0 Å². The molecule has 0 heterocycles. The van der Waals surface area contributed by atoms with Gasteiger partial charge in [-0.1, -0.05) is 13.8 Å². The van der Waals surface area contributed by atoms with Gasteiger partial charge in [-0.3, -0.25) is 9.59 Å². The summed E-state index contributed by atoms with van der Waals surface area (Å²) in [7, 11) is 0. The predicted octanol–water partition coefficient (Wildman–Crippen LogP) is 2.70. The van der Waals surface area contributed by atoms with Crippen molar-refractivity contribution < 1.29 is 19.4 Å². The van der Waals surface area contributed by atoms with E-state index in [0.29, 0.717) is 18.1 Å². The molecule has 0 bridgehead atoms. The highest BCUT2D eigenvalue weighted by molar-refractivity contribution is 5.94. The zero-order valence-corrected chi connectivity index (χ0v) is 12.8. The van der Waals surface area contributed by atoms with Gasteiger partial charge in [0.1, 0.15) is 5.75 Å². The minimum Gasteiger partial charge on any atom is -0.494 e. The van der Waals surface area contributed by atoms with Gasteiger partial charge in [0.25, 0.3) is 5.91 Å². The summed E-state index contributed by atoms with van der Waals surface area (Å²) >= 11 is 0. The summed E-state index contributed by atoms with van der Waals surface area (Å²) in [6, 6.07) is 6.44. The number of carbonyl (C=O) groups is 2. The number of nitrogens with one attached hydrogen (secondary N) is 1. The van der Waals surface area contributed by atoms with Crippen molar-refractivity contribution in [2.45, 2.75) is 39.7 Å². The Balaban J connectivity index is 2.49. The predicted molar refractivity (Wildman–Crippen MR) is 80.6 cm³/mol. The Hall–Kier alpha value is -2.04. The Morgan fingerprint density at radius 2 is 1.81 bits per heavy atom. The quantitative estimate of drug-likeness (QED) is 0.772. The first-order chi connectivity index (χ1) is 9.88. The van der Waals surface area contributed by atoms with Crippen LogP contribution in [-0.4, -0.2) is 29.6 Å². The second-order valence-electron chi connectivity index (χ2n) is 5.53. The van der Waals surface area contributed by atoms with Crippen molar-refractivity contribution in [3.8, 4) is 5.75 Å². The fourth-order valence-electron chi connectivity index (χ4n) is 1.74. The third-order valence-electron chi connectivity index (χ3n) is 2.94. The molecule has 116 valence electrons. The van der Waals surface area contributed by atoms with Crippen LogP contribution in [0.3, 0.4) is 0 Å². The SMILES string of the molecule is CC(C)CCOc1ccc(C(=O)NC(C)CC(=O)O)cc1. The molecule has 5 heteroatoms. The molecule has 0 fully saturated rings. The van der Waals surface area contributed by atoms with E-state index in [9.17, 15) is 9.59 Å². The molecule has 1 atom stereocenters. The monoisotopic (exact) mass is 293 g/mol. The fourth-order valence-corrected chi connectivity index (χ4v) is 1.74. The minimum absolute atomic E-state index is 0.0951. The summed E-state index contributed by atoms with van der Waals surface area (Å²) in [6.07, 6.45) is 0.886. The summed E-state index contributed by atoms with van der Waals surface area (Å²) in [6.45, 7) is 6.58. The summed E-state index contributed by atoms with van der Waals surface area (Å²) in [4.78, 5) is 22.5. The summed E-state index contributed by atoms with van der Waals surface area (Å²) in [5, 5.41) is 11.3. The highest BCUT2D eigenvalue weighted by Crippen LogP contribution is 2.13. The summed E-state index contributed by atoms with van der Waals surface area (Å²) in [5.74, 6) is 0.103. The Kier molecular flexibility index (Phi) is 6.72. The molecule has 1 amide bonds. The molecular formula is C16H23NO4. The molecule has 1 unspecified atom stereocenters. The molecule has 0 radical (unpaired) electrons. The number of carboxylic acids is 1. The standard InChI is InChI=1S/C16H23NO4/c1-11(2)8-9-21-14-6-4-13(5-7-14)16(20)17-12(3)10-15(18)19/h4-7,11-12H,8-10H2,1-3H3,(H,17,20)(H,18,19). The van der Waals surface area contributed by atoms with Crippen LogP contribution in [0.1, 0.15) is 44.0 Å². The summed E-state index contributed by atoms with van der Waals surface area (Å²) in [5.41, 5.74) is 0.489. The molecule has 0 aromatic heterocycles. The minimum atomic E-state index is -0.934. The smallest absolute Gasteiger partial charge is 0.305 e. The van der Waals surface area contributed by atoms with Crippen LogP contribution in [0, 0.1) is 5.92 Å². The molecule has 2 N–H and O–H groups in total. The van der Waals surface area contributed by atoms with E-state index in [1.54, 1.807) is 31.2 Å². The molecule has 0 aliphatic rings. The van der Waals surface area contributed by atoms with Gasteiger partial charge in [-0.05, 0) is 43.5 Å². The highest BCUT2D eigenvalue weighted by atomic mass is 16.5. The van der Waals surface area contributed by atoms with Crippen LogP contribution < -0.4 is 10.1 Å². The molecule has 0 aliphatic carbocycles. The van der Waals surface area contributed by atoms with Crippen LogP contribution in [0.15, 0.2) is 24.3 Å². The second-order valence-corrected chi connectivity index (χ2v) is 5.53. The van der Waals surface area contributed by atoms with Crippen LogP contribution in [0.2, 0.25) is 0 Å². The van der Waals surface area contributed by atoms with Gasteiger partial charge in [0.2, 0.25) is 0 Å². The number of aliphatic carboxylic acids is 1. The Morgan fingerprint density at radius 1 is 1.19 bits per heavy atom. The van der Waals surface area contributed by atoms with Crippen molar-refractivity contribution in [2.75, 3.05) is 6.61 Å². The van der Waals surface area contributed by atoms with Crippen molar-refractivity contribution in [1.29, 1.82) is 0 Å². The van der Waals surface area contributed by atoms with Crippen LogP contribution in [0.5, 0.6) is 5.75 Å². The van der Waals surface area contributed by atoms with E-state index < -0.39 is 12.0 Å². The zero-order chi connectivity index (χ0) is 15.8. The average molecular weight is 293 g/mol. The maximum atomic E-state index is 11.9. The number of amides is 1. The first-order valence-electron chi connectivity index (χ1n) is 7.14. The maximum Gasteiger partial charge on any atom is 0.305 e. The molecule has 1 aromatic rings. The van der Waals surface area contributed by atoms with E-state index in [0.717, 1.165) is 12.2 Å². The topological polar surface area (TPSA) is 75.6 Å². The van der Waals surface area contributed by atoms with Crippen molar-refractivity contribution >= 4 is 11.9 Å². The number of carbonyl (C=O) groups excluding carboxylic acids is 1. The lowest BCUT2D eigenvalue weighted by atomic mass is 10.1. The first kappa shape index (κ1) is 17.0. The lowest BCUT2D eigenvalue weighted by Gasteiger charge is -2.12. The molecule has 5 nitrogen and oxygen atoms in total. The highest BCUT2D eigenvalue weighted by Gasteiger charge is 2.12. The van der Waals surface area contributed by atoms with E-state index in [-0.39, 0.29) is 12.3 Å². The Morgan fingerprint density at radius 3 is 2.33 bits per heavy atom. The number of carboxylic acid groups (broad SMARTS) is 1. The van der Waals surface area contributed by atoms with Crippen molar-refractivity contribution in [3.63, 3.8) is 0 Å². The molecule has 1 aromatic carbocycles. The first-order valence-corrected chi connectivity index (χ1v) is 7.14. The third-order valence-corrected chi connectivity index (χ3v) is 2.94.